The van der Waals surface area contributed by atoms with Crippen LogP contribution in [0.2, 0.25) is 0 Å². The second kappa shape index (κ2) is 4.18. The van der Waals surface area contributed by atoms with Gasteiger partial charge >= 0.3 is 0 Å². The van der Waals surface area contributed by atoms with E-state index in [4.69, 9.17) is 4.74 Å². The Bertz CT molecular complexity index is 492. The zero-order chi connectivity index (χ0) is 10.7. The molecule has 0 heterocycles. The highest BCUT2D eigenvalue weighted by Gasteiger charge is 2.01. The van der Waals surface area contributed by atoms with Gasteiger partial charge in [0.2, 0.25) is 0 Å². The molecule has 1 nitrogen and oxygen atoms in total. The Balaban J connectivity index is 2.66. The van der Waals surface area contributed by atoms with Crippen molar-refractivity contribution < 1.29 is 4.74 Å². The van der Waals surface area contributed by atoms with Gasteiger partial charge in [-0.3, -0.25) is 0 Å². The van der Waals surface area contributed by atoms with Crippen molar-refractivity contribution in [3.05, 3.63) is 54.3 Å². The lowest BCUT2D eigenvalue weighted by molar-refractivity contribution is 0.339. The quantitative estimate of drug-likeness (QED) is 0.666. The molecule has 0 unspecified atom stereocenters. The summed E-state index contributed by atoms with van der Waals surface area (Å²) in [7, 11) is 1.68. The molecule has 0 atom stereocenters. The zero-order valence-electron chi connectivity index (χ0n) is 9.03. The minimum Gasteiger partial charge on any atom is -0.504 e. The zero-order valence-corrected chi connectivity index (χ0v) is 9.03. The largest absolute Gasteiger partial charge is 0.504 e. The van der Waals surface area contributed by atoms with Gasteiger partial charge in [-0.2, -0.15) is 0 Å². The van der Waals surface area contributed by atoms with E-state index in [1.807, 2.05) is 0 Å². The van der Waals surface area contributed by atoms with Gasteiger partial charge in [0, 0.05) is 0 Å². The van der Waals surface area contributed by atoms with Crippen LogP contribution >= 0.6 is 0 Å². The molecule has 0 aromatic heterocycles. The normalized spacial score (nSPS) is 11.7. The topological polar surface area (TPSA) is 9.23 Å². The van der Waals surface area contributed by atoms with Gasteiger partial charge in [0.15, 0.2) is 0 Å². The second-order valence-corrected chi connectivity index (χ2v) is 3.56. The Hall–Kier alpha value is -1.76. The fourth-order valence-electron chi connectivity index (χ4n) is 1.81. The van der Waals surface area contributed by atoms with Crippen LogP contribution in [0, 0.1) is 0 Å². The van der Waals surface area contributed by atoms with Crippen LogP contribution in [0.4, 0.5) is 0 Å². The molecule has 0 fully saturated rings. The molecule has 0 saturated heterocycles. The number of allylic oxidation sites excluding steroid dienone is 1. The van der Waals surface area contributed by atoms with E-state index in [0.717, 1.165) is 5.57 Å². The van der Waals surface area contributed by atoms with Gasteiger partial charge in [-0.25, -0.2) is 0 Å². The third kappa shape index (κ3) is 1.86. The summed E-state index contributed by atoms with van der Waals surface area (Å²) in [6.45, 7) is 2.06. The number of benzene rings is 2. The van der Waals surface area contributed by atoms with Crippen molar-refractivity contribution >= 4 is 16.3 Å². The fourth-order valence-corrected chi connectivity index (χ4v) is 1.81. The molecule has 0 N–H and O–H groups in total. The molecule has 0 aliphatic rings. The number of fused-ring (bicyclic) bond motifs is 1. The number of ether oxygens (including phenoxy) is 1. The summed E-state index contributed by atoms with van der Waals surface area (Å²) in [6.07, 6.45) is 1.78. The predicted octanol–water partition coefficient (Wildman–Crippen LogP) is 3.85. The molecule has 0 amide bonds. The van der Waals surface area contributed by atoms with Crippen molar-refractivity contribution in [3.63, 3.8) is 0 Å². The first-order chi connectivity index (χ1) is 7.33. The van der Waals surface area contributed by atoms with Crippen LogP contribution in [0.25, 0.3) is 16.3 Å². The van der Waals surface area contributed by atoms with E-state index in [9.17, 15) is 0 Å². The van der Waals surface area contributed by atoms with E-state index in [0.29, 0.717) is 0 Å². The molecule has 0 aliphatic heterocycles. The Labute approximate surface area is 90.0 Å². The summed E-state index contributed by atoms with van der Waals surface area (Å²) in [5.74, 6) is 0. The smallest absolute Gasteiger partial charge is 0.0859 e. The third-order valence-corrected chi connectivity index (χ3v) is 2.51. The first-order valence-electron chi connectivity index (χ1n) is 5.00. The van der Waals surface area contributed by atoms with Gasteiger partial charge in [-0.15, -0.1) is 0 Å². The molecule has 0 saturated carbocycles. The third-order valence-electron chi connectivity index (χ3n) is 2.51. The van der Waals surface area contributed by atoms with E-state index in [2.05, 4.69) is 49.4 Å². The van der Waals surface area contributed by atoms with E-state index in [-0.39, 0.29) is 0 Å². The lowest BCUT2D eigenvalue weighted by Crippen LogP contribution is -1.83. The van der Waals surface area contributed by atoms with Crippen molar-refractivity contribution in [2.24, 2.45) is 0 Å². The predicted molar refractivity (Wildman–Crippen MR) is 64.6 cm³/mol. The van der Waals surface area contributed by atoms with Crippen molar-refractivity contribution in [2.45, 2.75) is 6.92 Å². The number of hydrogen-bond donors (Lipinski definition) is 0. The van der Waals surface area contributed by atoms with Gasteiger partial charge in [0.1, 0.15) is 0 Å². The highest BCUT2D eigenvalue weighted by Crippen LogP contribution is 2.24. The fraction of sp³-hybridized carbons (Fsp3) is 0.143. The van der Waals surface area contributed by atoms with Crippen LogP contribution < -0.4 is 0 Å². The molecule has 0 radical (unpaired) electrons. The molecular weight excluding hydrogens is 184 g/mol. The maximum Gasteiger partial charge on any atom is 0.0859 e. The lowest BCUT2D eigenvalue weighted by atomic mass is 10.0. The second-order valence-electron chi connectivity index (χ2n) is 3.56. The van der Waals surface area contributed by atoms with Gasteiger partial charge in [-0.05, 0) is 28.8 Å². The molecule has 0 spiro atoms. The van der Waals surface area contributed by atoms with E-state index in [1.165, 1.54) is 16.3 Å². The van der Waals surface area contributed by atoms with Crippen molar-refractivity contribution in [3.8, 4) is 0 Å². The summed E-state index contributed by atoms with van der Waals surface area (Å²) >= 11 is 0. The highest BCUT2D eigenvalue weighted by molar-refractivity contribution is 5.93. The number of rotatable bonds is 2. The maximum absolute atomic E-state index is 5.04. The van der Waals surface area contributed by atoms with Crippen LogP contribution in [0.15, 0.2) is 48.7 Å². The molecule has 2 aromatic rings. The van der Waals surface area contributed by atoms with Crippen molar-refractivity contribution in [2.75, 3.05) is 7.11 Å². The molecular formula is C14H14O. The van der Waals surface area contributed by atoms with Gasteiger partial charge in [-0.1, -0.05) is 42.5 Å². The number of methoxy groups -OCH3 is 1. The minimum atomic E-state index is 1.15. The summed E-state index contributed by atoms with van der Waals surface area (Å²) < 4.78 is 5.04. The van der Waals surface area contributed by atoms with E-state index in [1.54, 1.807) is 13.4 Å². The molecule has 15 heavy (non-hydrogen) atoms. The van der Waals surface area contributed by atoms with Crippen LogP contribution in [-0.4, -0.2) is 7.11 Å². The first-order valence-corrected chi connectivity index (χ1v) is 5.00. The van der Waals surface area contributed by atoms with Gasteiger partial charge in [0.25, 0.3) is 0 Å². The summed E-state index contributed by atoms with van der Waals surface area (Å²) in [5, 5.41) is 2.53. The SMILES string of the molecule is CO/C=C(/C)c1cccc2ccccc12. The van der Waals surface area contributed by atoms with Gasteiger partial charge < -0.3 is 4.74 Å². The minimum absolute atomic E-state index is 1.15. The van der Waals surface area contributed by atoms with Crippen LogP contribution in [0.3, 0.4) is 0 Å². The van der Waals surface area contributed by atoms with Crippen LogP contribution in [-0.2, 0) is 4.74 Å². The first kappa shape index (κ1) is 9.78. The molecule has 0 bridgehead atoms. The highest BCUT2D eigenvalue weighted by atomic mass is 16.5. The Morgan fingerprint density at radius 1 is 1.07 bits per heavy atom. The molecule has 0 aliphatic carbocycles. The Kier molecular flexibility index (Phi) is 2.72. The van der Waals surface area contributed by atoms with Gasteiger partial charge in [0.05, 0.1) is 13.4 Å². The average Bonchev–Trinajstić information content (AvgIpc) is 2.28. The van der Waals surface area contributed by atoms with Crippen molar-refractivity contribution in [1.29, 1.82) is 0 Å². The Morgan fingerprint density at radius 3 is 2.60 bits per heavy atom. The monoisotopic (exact) mass is 198 g/mol. The van der Waals surface area contributed by atoms with E-state index < -0.39 is 0 Å². The average molecular weight is 198 g/mol. The number of hydrogen-bond acceptors (Lipinski definition) is 1. The molecule has 2 aromatic carbocycles. The lowest BCUT2D eigenvalue weighted by Gasteiger charge is -2.06. The molecule has 76 valence electrons. The van der Waals surface area contributed by atoms with E-state index >= 15 is 0 Å². The van der Waals surface area contributed by atoms with Crippen LogP contribution in [0.5, 0.6) is 0 Å². The summed E-state index contributed by atoms with van der Waals surface area (Å²) in [6, 6.07) is 14.7. The standard InChI is InChI=1S/C14H14O/c1-11(10-15-2)13-9-5-7-12-6-3-4-8-14(12)13/h3-10H,1-2H3/b11-10-. The van der Waals surface area contributed by atoms with Crippen molar-refractivity contribution in [1.82, 2.24) is 0 Å². The van der Waals surface area contributed by atoms with Crippen LogP contribution in [0.1, 0.15) is 12.5 Å². The maximum atomic E-state index is 5.04. The Morgan fingerprint density at radius 2 is 1.80 bits per heavy atom. The summed E-state index contributed by atoms with van der Waals surface area (Å²) in [5.41, 5.74) is 2.38. The molecule has 1 heteroatoms. The molecule has 2 rings (SSSR count). The summed E-state index contributed by atoms with van der Waals surface area (Å²) in [4.78, 5) is 0.